The van der Waals surface area contributed by atoms with E-state index in [0.29, 0.717) is 5.92 Å². The minimum atomic E-state index is -0.368. The van der Waals surface area contributed by atoms with Crippen molar-refractivity contribution in [3.05, 3.63) is 34.6 Å². The van der Waals surface area contributed by atoms with Crippen LogP contribution in [0.25, 0.3) is 0 Å². The zero-order valence-electron chi connectivity index (χ0n) is 10.9. The van der Waals surface area contributed by atoms with Gasteiger partial charge in [-0.2, -0.15) is 0 Å². The van der Waals surface area contributed by atoms with E-state index in [0.717, 1.165) is 23.8 Å². The van der Waals surface area contributed by atoms with Crippen molar-refractivity contribution in [2.75, 3.05) is 0 Å². The molecule has 4 atom stereocenters. The molecule has 1 aromatic carbocycles. The highest BCUT2D eigenvalue weighted by atomic mass is 35.5. The van der Waals surface area contributed by atoms with E-state index in [1.807, 2.05) is 6.07 Å². The molecule has 2 fully saturated rings. The lowest BCUT2D eigenvalue weighted by atomic mass is 9.83. The highest BCUT2D eigenvalue weighted by molar-refractivity contribution is 6.31. The molecule has 2 aliphatic rings. The number of hydrogen-bond donors (Lipinski definition) is 2. The first-order chi connectivity index (χ1) is 9.19. The van der Waals surface area contributed by atoms with Gasteiger partial charge in [0, 0.05) is 6.04 Å². The van der Waals surface area contributed by atoms with Crippen molar-refractivity contribution in [3.8, 4) is 0 Å². The fraction of sp³-hybridized carbons (Fsp3) is 0.600. The van der Waals surface area contributed by atoms with Crippen LogP contribution >= 0.6 is 11.6 Å². The summed E-state index contributed by atoms with van der Waals surface area (Å²) in [6, 6.07) is 4.90. The Hall–Kier alpha value is -0.640. The summed E-state index contributed by atoms with van der Waals surface area (Å²) in [6.07, 6.45) is 6.38. The monoisotopic (exact) mass is 282 g/mol. The van der Waals surface area contributed by atoms with Gasteiger partial charge in [-0.3, -0.25) is 11.3 Å². The maximum atomic E-state index is 13.5. The number of fused-ring (bicyclic) bond motifs is 2. The normalized spacial score (nSPS) is 30.8. The second-order valence-corrected chi connectivity index (χ2v) is 6.41. The minimum Gasteiger partial charge on any atom is -0.271 e. The first-order valence-corrected chi connectivity index (χ1v) is 7.47. The van der Waals surface area contributed by atoms with Crippen molar-refractivity contribution in [2.45, 2.75) is 38.1 Å². The molecule has 2 nitrogen and oxygen atoms in total. The molecule has 19 heavy (non-hydrogen) atoms. The Balaban J connectivity index is 1.75. The molecule has 2 saturated carbocycles. The highest BCUT2D eigenvalue weighted by Crippen LogP contribution is 2.51. The van der Waals surface area contributed by atoms with Crippen LogP contribution in [0, 0.1) is 23.6 Å². The van der Waals surface area contributed by atoms with Gasteiger partial charge in [-0.15, -0.1) is 0 Å². The van der Waals surface area contributed by atoms with E-state index >= 15 is 0 Å². The van der Waals surface area contributed by atoms with E-state index < -0.39 is 0 Å². The Bertz CT molecular complexity index is 465. The summed E-state index contributed by atoms with van der Waals surface area (Å²) in [6.45, 7) is 0. The van der Waals surface area contributed by atoms with Gasteiger partial charge in [0.25, 0.3) is 0 Å². The minimum absolute atomic E-state index is 0.0486. The fourth-order valence-electron chi connectivity index (χ4n) is 4.04. The average Bonchev–Trinajstić information content (AvgIpc) is 3.02. The van der Waals surface area contributed by atoms with E-state index in [2.05, 4.69) is 5.43 Å². The van der Waals surface area contributed by atoms with Crippen LogP contribution in [0.1, 0.15) is 43.7 Å². The van der Waals surface area contributed by atoms with Gasteiger partial charge in [-0.1, -0.05) is 30.2 Å². The van der Waals surface area contributed by atoms with Crippen LogP contribution in [-0.2, 0) is 0 Å². The van der Waals surface area contributed by atoms with Crippen molar-refractivity contribution < 1.29 is 4.39 Å². The number of hydrazine groups is 1. The molecule has 1 aromatic rings. The lowest BCUT2D eigenvalue weighted by molar-refractivity contribution is 0.280. The van der Waals surface area contributed by atoms with E-state index in [9.17, 15) is 4.39 Å². The fourth-order valence-corrected chi connectivity index (χ4v) is 4.30. The molecule has 0 spiro atoms. The molecule has 3 N–H and O–H groups in total. The van der Waals surface area contributed by atoms with Gasteiger partial charge < -0.3 is 0 Å². The van der Waals surface area contributed by atoms with Crippen molar-refractivity contribution in [2.24, 2.45) is 23.6 Å². The summed E-state index contributed by atoms with van der Waals surface area (Å²) >= 11 is 6.06. The lowest BCUT2D eigenvalue weighted by Gasteiger charge is -2.27. The molecule has 2 bridgehead atoms. The molecule has 0 heterocycles. The molecule has 3 rings (SSSR count). The predicted octanol–water partition coefficient (Wildman–Crippen LogP) is 3.81. The topological polar surface area (TPSA) is 38.0 Å². The Morgan fingerprint density at radius 2 is 2.21 bits per heavy atom. The van der Waals surface area contributed by atoms with Crippen molar-refractivity contribution >= 4 is 11.6 Å². The van der Waals surface area contributed by atoms with E-state index in [1.165, 1.54) is 31.7 Å². The lowest BCUT2D eigenvalue weighted by Crippen LogP contribution is -2.31. The number of nitrogens with two attached hydrogens (primary N) is 1. The molecule has 4 unspecified atom stereocenters. The highest BCUT2D eigenvalue weighted by Gasteiger charge is 2.40. The van der Waals surface area contributed by atoms with Gasteiger partial charge in [0.1, 0.15) is 5.82 Å². The Labute approximate surface area is 118 Å². The molecular weight excluding hydrogens is 263 g/mol. The van der Waals surface area contributed by atoms with Crippen LogP contribution < -0.4 is 11.3 Å². The third-order valence-electron chi connectivity index (χ3n) is 4.98. The number of halogens is 2. The standard InChI is InChI=1S/C15H20ClFN2/c16-15-12(2-1-3-13(15)17)14(19-18)8-11-7-9-4-5-10(11)6-9/h1-3,9-11,14,19H,4-8,18H2. The summed E-state index contributed by atoms with van der Waals surface area (Å²) in [5, 5.41) is 0.202. The van der Waals surface area contributed by atoms with Crippen LogP contribution in [0.4, 0.5) is 4.39 Å². The van der Waals surface area contributed by atoms with Gasteiger partial charge >= 0.3 is 0 Å². The van der Waals surface area contributed by atoms with E-state index in [4.69, 9.17) is 17.4 Å². The molecule has 0 aromatic heterocycles. The smallest absolute Gasteiger partial charge is 0.142 e. The van der Waals surface area contributed by atoms with Crippen LogP contribution in [-0.4, -0.2) is 0 Å². The van der Waals surface area contributed by atoms with Crippen LogP contribution in [0.2, 0.25) is 5.02 Å². The maximum Gasteiger partial charge on any atom is 0.142 e. The second kappa shape index (κ2) is 5.39. The average molecular weight is 283 g/mol. The molecule has 2 aliphatic carbocycles. The Morgan fingerprint density at radius 3 is 2.84 bits per heavy atom. The second-order valence-electron chi connectivity index (χ2n) is 6.03. The van der Waals surface area contributed by atoms with Crippen LogP contribution in [0.5, 0.6) is 0 Å². The summed E-state index contributed by atoms with van der Waals surface area (Å²) < 4.78 is 13.5. The third-order valence-corrected chi connectivity index (χ3v) is 5.38. The predicted molar refractivity (Wildman–Crippen MR) is 75.0 cm³/mol. The van der Waals surface area contributed by atoms with Gasteiger partial charge in [-0.05, 0) is 55.1 Å². The van der Waals surface area contributed by atoms with Crippen molar-refractivity contribution in [1.29, 1.82) is 0 Å². The summed E-state index contributed by atoms with van der Waals surface area (Å²) in [5.41, 5.74) is 3.61. The van der Waals surface area contributed by atoms with E-state index in [1.54, 1.807) is 6.07 Å². The summed E-state index contributed by atoms with van der Waals surface area (Å²) in [5.74, 6) is 7.76. The number of hydrogen-bond acceptors (Lipinski definition) is 2. The summed E-state index contributed by atoms with van der Waals surface area (Å²) in [7, 11) is 0. The summed E-state index contributed by atoms with van der Waals surface area (Å²) in [4.78, 5) is 0. The SMILES string of the molecule is NNC(CC1CC2CCC1C2)c1cccc(F)c1Cl. The van der Waals surface area contributed by atoms with Crippen LogP contribution in [0.3, 0.4) is 0 Å². The van der Waals surface area contributed by atoms with Crippen LogP contribution in [0.15, 0.2) is 18.2 Å². The Kier molecular flexibility index (Phi) is 3.79. The molecule has 0 amide bonds. The quantitative estimate of drug-likeness (QED) is 0.651. The van der Waals surface area contributed by atoms with Gasteiger partial charge in [0.05, 0.1) is 5.02 Å². The maximum absolute atomic E-state index is 13.5. The largest absolute Gasteiger partial charge is 0.271 e. The molecule has 0 saturated heterocycles. The first kappa shape index (κ1) is 13.3. The van der Waals surface area contributed by atoms with Crippen molar-refractivity contribution in [3.63, 3.8) is 0 Å². The molecule has 104 valence electrons. The molecule has 4 heteroatoms. The van der Waals surface area contributed by atoms with Crippen molar-refractivity contribution in [1.82, 2.24) is 5.43 Å². The third kappa shape index (κ3) is 2.51. The number of benzene rings is 1. The van der Waals surface area contributed by atoms with Gasteiger partial charge in [0.2, 0.25) is 0 Å². The molecular formula is C15H20ClFN2. The van der Waals surface area contributed by atoms with Gasteiger partial charge in [-0.25, -0.2) is 4.39 Å². The van der Waals surface area contributed by atoms with Gasteiger partial charge in [0.15, 0.2) is 0 Å². The number of nitrogens with one attached hydrogen (secondary N) is 1. The van der Waals surface area contributed by atoms with E-state index in [-0.39, 0.29) is 16.9 Å². The zero-order valence-corrected chi connectivity index (χ0v) is 11.7. The number of rotatable bonds is 4. The Morgan fingerprint density at radius 1 is 1.37 bits per heavy atom. The zero-order chi connectivity index (χ0) is 13.4. The first-order valence-electron chi connectivity index (χ1n) is 7.09. The molecule has 0 aliphatic heterocycles. The molecule has 0 radical (unpaired) electrons.